The van der Waals surface area contributed by atoms with E-state index >= 15 is 0 Å². The molecule has 0 aliphatic carbocycles. The van der Waals surface area contributed by atoms with Gasteiger partial charge in [-0.1, -0.05) is 0 Å². The van der Waals surface area contributed by atoms with E-state index in [4.69, 9.17) is 4.42 Å². The quantitative estimate of drug-likeness (QED) is 0.799. The molecule has 0 spiro atoms. The molecule has 26 heavy (non-hydrogen) atoms. The zero-order valence-electron chi connectivity index (χ0n) is 14.9. The Balaban J connectivity index is 0.00000196. The number of carbonyl (C=O) groups is 1. The average molecular weight is 404 g/mol. The number of fused-ring (bicyclic) bond motifs is 2. The molecule has 0 aromatic carbocycles. The van der Waals surface area contributed by atoms with E-state index in [0.29, 0.717) is 25.2 Å². The van der Waals surface area contributed by atoms with E-state index < -0.39 is 10.0 Å². The van der Waals surface area contributed by atoms with Gasteiger partial charge in [-0.15, -0.1) is 12.4 Å². The van der Waals surface area contributed by atoms with Gasteiger partial charge in [0.1, 0.15) is 10.7 Å². The summed E-state index contributed by atoms with van der Waals surface area (Å²) in [7, 11) is -3.57. The van der Waals surface area contributed by atoms with Crippen LogP contribution in [0.2, 0.25) is 0 Å². The fraction of sp³-hybridized carbons (Fsp3) is 0.706. The van der Waals surface area contributed by atoms with Gasteiger partial charge in [0.25, 0.3) is 5.91 Å². The van der Waals surface area contributed by atoms with Crippen LogP contribution >= 0.6 is 12.4 Å². The van der Waals surface area contributed by atoms with E-state index in [1.165, 1.54) is 10.4 Å². The van der Waals surface area contributed by atoms with E-state index in [1.807, 2.05) is 0 Å². The van der Waals surface area contributed by atoms with Crippen molar-refractivity contribution in [3.05, 3.63) is 17.6 Å². The van der Waals surface area contributed by atoms with Crippen LogP contribution in [0.25, 0.3) is 0 Å². The van der Waals surface area contributed by atoms with Crippen LogP contribution in [-0.2, 0) is 10.0 Å². The lowest BCUT2D eigenvalue weighted by Crippen LogP contribution is -2.47. The maximum absolute atomic E-state index is 12.7. The molecule has 2 unspecified atom stereocenters. The predicted molar refractivity (Wildman–Crippen MR) is 99.1 cm³/mol. The first-order valence-corrected chi connectivity index (χ1v) is 10.5. The molecular formula is C17H26ClN3O4S. The molecule has 2 bridgehead atoms. The molecule has 1 amide bonds. The SMILES string of the molecule is Cc1oc(C(=O)NC2CC3CCC(C2)N3)cc1S(=O)(=O)N1CCCC1.Cl. The minimum atomic E-state index is -3.57. The second kappa shape index (κ2) is 7.50. The molecule has 7 nitrogen and oxygen atoms in total. The fourth-order valence-corrected chi connectivity index (χ4v) is 6.01. The molecule has 0 radical (unpaired) electrons. The monoisotopic (exact) mass is 403 g/mol. The van der Waals surface area contributed by atoms with E-state index in [0.717, 1.165) is 38.5 Å². The molecule has 2 atom stereocenters. The van der Waals surface area contributed by atoms with E-state index in [2.05, 4.69) is 10.6 Å². The maximum Gasteiger partial charge on any atom is 0.287 e. The van der Waals surface area contributed by atoms with Gasteiger partial charge in [-0.25, -0.2) is 8.42 Å². The number of furan rings is 1. The van der Waals surface area contributed by atoms with E-state index in [-0.39, 0.29) is 40.8 Å². The lowest BCUT2D eigenvalue weighted by Gasteiger charge is -2.29. The number of nitrogens with zero attached hydrogens (tertiary/aromatic N) is 1. The second-order valence-corrected chi connectivity index (χ2v) is 9.33. The van der Waals surface area contributed by atoms with Crippen LogP contribution in [0.5, 0.6) is 0 Å². The molecule has 3 aliphatic rings. The van der Waals surface area contributed by atoms with Crippen molar-refractivity contribution in [2.75, 3.05) is 13.1 Å². The lowest BCUT2D eigenvalue weighted by atomic mass is 10.00. The Morgan fingerprint density at radius 3 is 2.46 bits per heavy atom. The molecule has 4 heterocycles. The van der Waals surface area contributed by atoms with Crippen LogP contribution < -0.4 is 10.6 Å². The van der Waals surface area contributed by atoms with Gasteiger partial charge in [-0.05, 0) is 45.4 Å². The van der Waals surface area contributed by atoms with Crippen LogP contribution in [0.1, 0.15) is 54.8 Å². The van der Waals surface area contributed by atoms with E-state index in [1.54, 1.807) is 6.92 Å². The summed E-state index contributed by atoms with van der Waals surface area (Å²) in [6.45, 7) is 2.67. The Morgan fingerprint density at radius 2 is 1.85 bits per heavy atom. The number of nitrogens with one attached hydrogen (secondary N) is 2. The molecule has 146 valence electrons. The number of aryl methyl sites for hydroxylation is 1. The van der Waals surface area contributed by atoms with Gasteiger partial charge in [0.05, 0.1) is 0 Å². The first-order chi connectivity index (χ1) is 11.9. The number of hydrogen-bond acceptors (Lipinski definition) is 5. The normalized spacial score (nSPS) is 28.7. The zero-order chi connectivity index (χ0) is 17.6. The standard InChI is InChI=1S/C17H25N3O4S.ClH/c1-11-16(25(22,23)20-6-2-3-7-20)10-15(24-11)17(21)19-14-8-12-4-5-13(9-14)18-12;/h10,12-14,18H,2-9H2,1H3,(H,19,21);1H. The van der Waals surface area contributed by atoms with Gasteiger partial charge in [0, 0.05) is 37.3 Å². The Kier molecular flexibility index (Phi) is 5.67. The average Bonchev–Trinajstić information content (AvgIpc) is 3.28. The summed E-state index contributed by atoms with van der Waals surface area (Å²) in [5.41, 5.74) is 0. The Hall–Kier alpha value is -1.09. The molecule has 1 aromatic heterocycles. The van der Waals surface area contributed by atoms with Gasteiger partial charge < -0.3 is 15.1 Å². The van der Waals surface area contributed by atoms with Crippen molar-refractivity contribution in [2.45, 2.75) is 68.5 Å². The Morgan fingerprint density at radius 1 is 1.23 bits per heavy atom. The predicted octanol–water partition coefficient (Wildman–Crippen LogP) is 1.81. The molecule has 3 aliphatic heterocycles. The van der Waals surface area contributed by atoms with Crippen LogP contribution in [0.15, 0.2) is 15.4 Å². The van der Waals surface area contributed by atoms with Crippen molar-refractivity contribution in [1.82, 2.24) is 14.9 Å². The van der Waals surface area contributed by atoms with Crippen LogP contribution in [0, 0.1) is 6.92 Å². The highest BCUT2D eigenvalue weighted by molar-refractivity contribution is 7.89. The van der Waals surface area contributed by atoms with Crippen molar-refractivity contribution in [2.24, 2.45) is 0 Å². The Bertz CT molecular complexity index is 761. The summed E-state index contributed by atoms with van der Waals surface area (Å²) in [4.78, 5) is 12.6. The first-order valence-electron chi connectivity index (χ1n) is 9.11. The maximum atomic E-state index is 12.7. The number of amides is 1. The highest BCUT2D eigenvalue weighted by atomic mass is 35.5. The lowest BCUT2D eigenvalue weighted by molar-refractivity contribution is 0.0894. The molecule has 2 N–H and O–H groups in total. The number of sulfonamides is 1. The third kappa shape index (κ3) is 3.65. The molecule has 9 heteroatoms. The fourth-order valence-electron chi connectivity index (χ4n) is 4.33. The summed E-state index contributed by atoms with van der Waals surface area (Å²) >= 11 is 0. The van der Waals surface area contributed by atoms with Crippen LogP contribution in [0.4, 0.5) is 0 Å². The van der Waals surface area contributed by atoms with Crippen molar-refractivity contribution in [1.29, 1.82) is 0 Å². The number of hydrogen-bond donors (Lipinski definition) is 2. The second-order valence-electron chi connectivity index (χ2n) is 7.42. The van der Waals surface area contributed by atoms with Crippen LogP contribution in [0.3, 0.4) is 0 Å². The van der Waals surface area contributed by atoms with Gasteiger partial charge in [0.15, 0.2) is 5.76 Å². The summed E-state index contributed by atoms with van der Waals surface area (Å²) in [5, 5.41) is 6.55. The molecule has 3 saturated heterocycles. The number of piperidine rings is 1. The molecule has 3 fully saturated rings. The largest absolute Gasteiger partial charge is 0.455 e. The third-order valence-electron chi connectivity index (χ3n) is 5.59. The number of rotatable bonds is 4. The highest BCUT2D eigenvalue weighted by Crippen LogP contribution is 2.28. The van der Waals surface area contributed by atoms with Gasteiger partial charge in [-0.2, -0.15) is 4.31 Å². The van der Waals surface area contributed by atoms with Crippen molar-refractivity contribution < 1.29 is 17.6 Å². The summed E-state index contributed by atoms with van der Waals surface area (Å²) in [6, 6.07) is 2.46. The molecular weight excluding hydrogens is 378 g/mol. The van der Waals surface area contributed by atoms with E-state index in [9.17, 15) is 13.2 Å². The summed E-state index contributed by atoms with van der Waals surface area (Å²) in [5.74, 6) is 0.0425. The molecule has 4 rings (SSSR count). The highest BCUT2D eigenvalue weighted by Gasteiger charge is 2.35. The minimum absolute atomic E-state index is 0. The molecule has 1 aromatic rings. The minimum Gasteiger partial charge on any atom is -0.455 e. The van der Waals surface area contributed by atoms with Gasteiger partial charge >= 0.3 is 0 Å². The van der Waals surface area contributed by atoms with Crippen molar-refractivity contribution in [3.63, 3.8) is 0 Å². The summed E-state index contributed by atoms with van der Waals surface area (Å²) in [6.07, 6.45) is 5.91. The summed E-state index contributed by atoms with van der Waals surface area (Å²) < 4.78 is 32.4. The smallest absolute Gasteiger partial charge is 0.287 e. The van der Waals surface area contributed by atoms with Crippen LogP contribution in [-0.4, -0.2) is 49.8 Å². The molecule has 0 saturated carbocycles. The topological polar surface area (TPSA) is 91.6 Å². The Labute approximate surface area is 160 Å². The number of halogens is 1. The zero-order valence-corrected chi connectivity index (χ0v) is 16.5. The van der Waals surface area contributed by atoms with Gasteiger partial charge in [0.2, 0.25) is 10.0 Å². The number of carbonyl (C=O) groups excluding carboxylic acids is 1. The third-order valence-corrected chi connectivity index (χ3v) is 7.59. The van der Waals surface area contributed by atoms with Crippen molar-refractivity contribution >= 4 is 28.3 Å². The van der Waals surface area contributed by atoms with Gasteiger partial charge in [-0.3, -0.25) is 4.79 Å². The van der Waals surface area contributed by atoms with Crippen molar-refractivity contribution in [3.8, 4) is 0 Å². The first kappa shape index (κ1) is 19.7.